The number of nitrogens with one attached hydrogen (secondary N) is 1. The number of rotatable bonds is 3. The Kier molecular flexibility index (Phi) is 4.19. The lowest BCUT2D eigenvalue weighted by Gasteiger charge is -2.13. The normalized spacial score (nSPS) is 11.2. The Labute approximate surface area is 126 Å². The number of nitrogens with zero attached hydrogens (tertiary/aromatic N) is 2. The second-order valence-electron chi connectivity index (χ2n) is 3.86. The van der Waals surface area contributed by atoms with E-state index in [0.29, 0.717) is 0 Å². The zero-order valence-corrected chi connectivity index (χ0v) is 11.8. The Balaban J connectivity index is 2.35. The summed E-state index contributed by atoms with van der Waals surface area (Å²) in [6.45, 7) is 0. The average Bonchev–Trinajstić information content (AvgIpc) is 2.91. The predicted molar refractivity (Wildman–Crippen MR) is 75.2 cm³/mol. The first kappa shape index (κ1) is 15.3. The number of alkyl halides is 3. The Hall–Kier alpha value is -2.07. The van der Waals surface area contributed by atoms with E-state index in [1.54, 1.807) is 0 Å². The number of carbonyl (C=O) groups is 1. The van der Waals surface area contributed by atoms with Crippen molar-refractivity contribution in [1.82, 2.24) is 9.59 Å². The number of carbonyl (C=O) groups excluding carboxylic acids is 1. The summed E-state index contributed by atoms with van der Waals surface area (Å²) in [6.07, 6.45) is -3.28. The topological polar surface area (TPSA) is 80.9 Å². The highest BCUT2D eigenvalue weighted by atomic mass is 32.1. The van der Waals surface area contributed by atoms with E-state index in [2.05, 4.69) is 14.9 Å². The van der Waals surface area contributed by atoms with Gasteiger partial charge >= 0.3 is 6.18 Å². The fraction of sp³-hybridized carbons (Fsp3) is 0.0909. The molecule has 1 aromatic heterocycles. The van der Waals surface area contributed by atoms with E-state index in [0.717, 1.165) is 29.7 Å². The third kappa shape index (κ3) is 3.52. The van der Waals surface area contributed by atoms with Gasteiger partial charge in [0.15, 0.2) is 0 Å². The lowest BCUT2D eigenvalue weighted by Crippen LogP contribution is -2.18. The maximum atomic E-state index is 12.7. The van der Waals surface area contributed by atoms with Crippen LogP contribution in [0.2, 0.25) is 0 Å². The molecule has 110 valence electrons. The van der Waals surface area contributed by atoms with Crippen LogP contribution in [0, 0.1) is 0 Å². The maximum absolute atomic E-state index is 12.7. The number of nitrogens with two attached hydrogens (primary N) is 1. The number of hydrogen-bond donors (Lipinski definition) is 2. The van der Waals surface area contributed by atoms with Crippen LogP contribution < -0.4 is 11.1 Å². The standard InChI is InChI=1S/C11H7F3N4OS2/c12-11(13,14)5-1-2-7(6(3-5)9(15)20)17-10(19)8-4-16-18-21-8/h1-4H,(H2,15,20)(H,17,19). The molecule has 5 nitrogen and oxygen atoms in total. The molecule has 1 aromatic carbocycles. The summed E-state index contributed by atoms with van der Waals surface area (Å²) in [5, 5.41) is 5.93. The van der Waals surface area contributed by atoms with Crippen LogP contribution in [-0.4, -0.2) is 20.5 Å². The SMILES string of the molecule is NC(=S)c1cc(C(F)(F)F)ccc1NC(=O)c1cnns1. The molecule has 0 radical (unpaired) electrons. The van der Waals surface area contributed by atoms with Crippen LogP contribution >= 0.6 is 23.8 Å². The van der Waals surface area contributed by atoms with E-state index >= 15 is 0 Å². The molecule has 0 spiro atoms. The summed E-state index contributed by atoms with van der Waals surface area (Å²) in [7, 11) is 0. The summed E-state index contributed by atoms with van der Waals surface area (Å²) >= 11 is 5.58. The smallest absolute Gasteiger partial charge is 0.389 e. The summed E-state index contributed by atoms with van der Waals surface area (Å²) in [5.41, 5.74) is 4.54. The largest absolute Gasteiger partial charge is 0.416 e. The van der Waals surface area contributed by atoms with Gasteiger partial charge in [0, 0.05) is 5.56 Å². The lowest BCUT2D eigenvalue weighted by molar-refractivity contribution is -0.137. The monoisotopic (exact) mass is 332 g/mol. The average molecular weight is 332 g/mol. The van der Waals surface area contributed by atoms with Gasteiger partial charge in [-0.1, -0.05) is 16.7 Å². The van der Waals surface area contributed by atoms with Crippen LogP contribution in [0.5, 0.6) is 0 Å². The summed E-state index contributed by atoms with van der Waals surface area (Å²) < 4.78 is 41.5. The third-order valence-electron chi connectivity index (χ3n) is 2.45. The zero-order chi connectivity index (χ0) is 15.6. The van der Waals surface area contributed by atoms with E-state index in [9.17, 15) is 18.0 Å². The van der Waals surface area contributed by atoms with Crippen LogP contribution in [-0.2, 0) is 6.18 Å². The van der Waals surface area contributed by atoms with E-state index in [-0.39, 0.29) is 21.1 Å². The van der Waals surface area contributed by atoms with Gasteiger partial charge in [-0.3, -0.25) is 4.79 Å². The second-order valence-corrected chi connectivity index (χ2v) is 5.08. The molecule has 3 N–H and O–H groups in total. The Morgan fingerprint density at radius 1 is 1.38 bits per heavy atom. The van der Waals surface area contributed by atoms with Crippen molar-refractivity contribution in [3.8, 4) is 0 Å². The Morgan fingerprint density at radius 2 is 2.10 bits per heavy atom. The Bertz CT molecular complexity index is 685. The molecule has 1 heterocycles. The molecule has 0 saturated heterocycles. The molecule has 0 atom stereocenters. The lowest BCUT2D eigenvalue weighted by atomic mass is 10.1. The molecule has 10 heteroatoms. The van der Waals surface area contributed by atoms with Crippen LogP contribution in [0.4, 0.5) is 18.9 Å². The van der Waals surface area contributed by atoms with Crippen molar-refractivity contribution in [1.29, 1.82) is 0 Å². The first-order chi connectivity index (χ1) is 9.79. The van der Waals surface area contributed by atoms with Crippen molar-refractivity contribution in [2.45, 2.75) is 6.18 Å². The molecule has 0 fully saturated rings. The van der Waals surface area contributed by atoms with Gasteiger partial charge in [-0.2, -0.15) is 13.2 Å². The fourth-order valence-corrected chi connectivity index (χ4v) is 2.06. The van der Waals surface area contributed by atoms with Gasteiger partial charge in [0.05, 0.1) is 17.4 Å². The second kappa shape index (κ2) is 5.74. The molecule has 0 aliphatic carbocycles. The molecule has 2 aromatic rings. The minimum atomic E-state index is -4.52. The number of anilines is 1. The van der Waals surface area contributed by atoms with Gasteiger partial charge in [-0.05, 0) is 29.7 Å². The summed E-state index contributed by atoms with van der Waals surface area (Å²) in [5.74, 6) is -0.553. The van der Waals surface area contributed by atoms with E-state index in [4.69, 9.17) is 18.0 Å². The molecule has 0 saturated carbocycles. The minimum absolute atomic E-state index is 0.0642. The van der Waals surface area contributed by atoms with Gasteiger partial charge in [0.1, 0.15) is 9.87 Å². The molecular formula is C11H7F3N4OS2. The number of amides is 1. The molecule has 21 heavy (non-hydrogen) atoms. The van der Waals surface area contributed by atoms with Crippen molar-refractivity contribution in [3.63, 3.8) is 0 Å². The molecule has 0 aliphatic rings. The van der Waals surface area contributed by atoms with E-state index in [1.165, 1.54) is 6.20 Å². The highest BCUT2D eigenvalue weighted by Crippen LogP contribution is 2.32. The van der Waals surface area contributed by atoms with Crippen molar-refractivity contribution >= 4 is 40.3 Å². The van der Waals surface area contributed by atoms with Crippen molar-refractivity contribution in [2.24, 2.45) is 5.73 Å². The highest BCUT2D eigenvalue weighted by molar-refractivity contribution is 7.80. The fourth-order valence-electron chi connectivity index (χ4n) is 1.48. The van der Waals surface area contributed by atoms with Crippen LogP contribution in [0.25, 0.3) is 0 Å². The molecule has 0 unspecified atom stereocenters. The molecule has 0 bridgehead atoms. The number of hydrogen-bond acceptors (Lipinski definition) is 5. The van der Waals surface area contributed by atoms with Gasteiger partial charge in [0.25, 0.3) is 5.91 Å². The highest BCUT2D eigenvalue weighted by Gasteiger charge is 2.31. The summed E-state index contributed by atoms with van der Waals surface area (Å²) in [4.78, 5) is 11.8. The van der Waals surface area contributed by atoms with Crippen molar-refractivity contribution in [3.05, 3.63) is 40.4 Å². The number of benzene rings is 1. The van der Waals surface area contributed by atoms with Crippen LogP contribution in [0.1, 0.15) is 20.8 Å². The summed E-state index contributed by atoms with van der Waals surface area (Å²) in [6, 6.07) is 2.73. The zero-order valence-electron chi connectivity index (χ0n) is 10.1. The quantitative estimate of drug-likeness (QED) is 0.844. The van der Waals surface area contributed by atoms with Gasteiger partial charge in [-0.15, -0.1) is 5.10 Å². The van der Waals surface area contributed by atoms with Crippen LogP contribution in [0.15, 0.2) is 24.4 Å². The number of halogens is 3. The predicted octanol–water partition coefficient (Wildman–Crippen LogP) is 2.44. The Morgan fingerprint density at radius 3 is 2.62 bits per heavy atom. The third-order valence-corrected chi connectivity index (χ3v) is 3.33. The van der Waals surface area contributed by atoms with E-state index in [1.807, 2.05) is 0 Å². The molecule has 1 amide bonds. The maximum Gasteiger partial charge on any atom is 0.416 e. The first-order valence-electron chi connectivity index (χ1n) is 5.39. The van der Waals surface area contributed by atoms with Crippen molar-refractivity contribution < 1.29 is 18.0 Å². The first-order valence-corrected chi connectivity index (χ1v) is 6.57. The van der Waals surface area contributed by atoms with Gasteiger partial charge in [-0.25, -0.2) is 0 Å². The number of aromatic nitrogens is 2. The van der Waals surface area contributed by atoms with E-state index < -0.39 is 17.6 Å². The van der Waals surface area contributed by atoms with Gasteiger partial charge in [0.2, 0.25) is 0 Å². The molecular weight excluding hydrogens is 325 g/mol. The molecule has 2 rings (SSSR count). The minimum Gasteiger partial charge on any atom is -0.389 e. The van der Waals surface area contributed by atoms with Gasteiger partial charge < -0.3 is 11.1 Å². The number of thiocarbonyl (C=S) groups is 1. The van der Waals surface area contributed by atoms with Crippen molar-refractivity contribution in [2.75, 3.05) is 5.32 Å². The van der Waals surface area contributed by atoms with Crippen LogP contribution in [0.3, 0.4) is 0 Å². The molecule has 0 aliphatic heterocycles.